The van der Waals surface area contributed by atoms with Crippen molar-refractivity contribution >= 4 is 69.8 Å². The predicted molar refractivity (Wildman–Crippen MR) is 149 cm³/mol. The number of amides is 2. The van der Waals surface area contributed by atoms with E-state index in [9.17, 15) is 9.59 Å². The van der Waals surface area contributed by atoms with Crippen molar-refractivity contribution < 1.29 is 18.7 Å². The van der Waals surface area contributed by atoms with E-state index in [1.54, 1.807) is 48.5 Å². The van der Waals surface area contributed by atoms with Crippen LogP contribution < -0.4 is 20.7 Å². The number of methoxy groups -OCH3 is 1. The summed E-state index contributed by atoms with van der Waals surface area (Å²) in [6.45, 7) is 2.03. The molecule has 0 saturated heterocycles. The maximum atomic E-state index is 12.3. The van der Waals surface area contributed by atoms with E-state index in [0.717, 1.165) is 12.8 Å². The monoisotopic (exact) mass is 545 g/mol. The Morgan fingerprint density at radius 3 is 2.61 bits per heavy atom. The second-order valence-electron chi connectivity index (χ2n) is 7.67. The molecule has 3 aromatic rings. The molecule has 1 heterocycles. The Hall–Kier alpha value is -3.33. The van der Waals surface area contributed by atoms with E-state index in [4.69, 9.17) is 44.6 Å². The molecule has 0 aliphatic heterocycles. The van der Waals surface area contributed by atoms with Crippen LogP contribution in [0.4, 0.5) is 11.4 Å². The molecule has 0 aliphatic rings. The maximum Gasteiger partial charge on any atom is 0.250 e. The molecule has 0 aliphatic carbocycles. The van der Waals surface area contributed by atoms with Gasteiger partial charge in [-0.1, -0.05) is 36.5 Å². The molecule has 3 N–H and O–H groups in total. The molecule has 0 unspecified atom stereocenters. The molecule has 7 nitrogen and oxygen atoms in total. The third kappa shape index (κ3) is 7.84. The average molecular weight is 546 g/mol. The normalized spacial score (nSPS) is 10.8. The van der Waals surface area contributed by atoms with Gasteiger partial charge in [-0.2, -0.15) is 0 Å². The highest BCUT2D eigenvalue weighted by Crippen LogP contribution is 2.32. The van der Waals surface area contributed by atoms with E-state index >= 15 is 0 Å². The van der Waals surface area contributed by atoms with Crippen LogP contribution in [0.5, 0.6) is 5.75 Å². The standard InChI is InChI=1S/C26H25Cl2N3O4S/c1-3-4-5-24(32)30-21-11-7-17(15-23(21)34-2)29-26(36)31-25(33)13-9-18-8-12-22(35-18)19-10-6-16(27)14-20(19)28/h6-15H,3-5H2,1-2H3,(H,30,32)(H2,29,31,33,36)/b13-9+. The Balaban J connectivity index is 1.56. The molecule has 0 radical (unpaired) electrons. The molecular weight excluding hydrogens is 521 g/mol. The predicted octanol–water partition coefficient (Wildman–Crippen LogP) is 6.92. The fourth-order valence-corrected chi connectivity index (χ4v) is 3.89. The number of furan rings is 1. The van der Waals surface area contributed by atoms with Gasteiger partial charge in [0.1, 0.15) is 17.3 Å². The summed E-state index contributed by atoms with van der Waals surface area (Å²) in [7, 11) is 1.51. The molecule has 0 bridgehead atoms. The molecule has 0 atom stereocenters. The number of hydrogen-bond donors (Lipinski definition) is 3. The van der Waals surface area contributed by atoms with Crippen LogP contribution in [0.3, 0.4) is 0 Å². The Bertz CT molecular complexity index is 1290. The highest BCUT2D eigenvalue weighted by Gasteiger charge is 2.11. The number of thiocarbonyl (C=S) groups is 1. The second-order valence-corrected chi connectivity index (χ2v) is 8.92. The summed E-state index contributed by atoms with van der Waals surface area (Å²) < 4.78 is 11.1. The van der Waals surface area contributed by atoms with E-state index in [2.05, 4.69) is 16.0 Å². The van der Waals surface area contributed by atoms with Crippen molar-refractivity contribution in [3.63, 3.8) is 0 Å². The average Bonchev–Trinajstić information content (AvgIpc) is 3.31. The lowest BCUT2D eigenvalue weighted by atomic mass is 10.2. The molecule has 0 fully saturated rings. The van der Waals surface area contributed by atoms with Crippen LogP contribution in [0.25, 0.3) is 17.4 Å². The van der Waals surface area contributed by atoms with Crippen LogP contribution >= 0.6 is 35.4 Å². The zero-order valence-electron chi connectivity index (χ0n) is 19.7. The summed E-state index contributed by atoms with van der Waals surface area (Å²) in [4.78, 5) is 24.3. The van der Waals surface area contributed by atoms with Gasteiger partial charge < -0.3 is 19.8 Å². The van der Waals surface area contributed by atoms with Gasteiger partial charge in [0.2, 0.25) is 11.8 Å². The largest absolute Gasteiger partial charge is 0.494 e. The summed E-state index contributed by atoms with van der Waals surface area (Å²) in [5.41, 5.74) is 1.83. The fraction of sp³-hybridized carbons (Fsp3) is 0.192. The Kier molecular flexibility index (Phi) is 9.93. The first-order valence-electron chi connectivity index (χ1n) is 11.1. The first kappa shape index (κ1) is 27.3. The topological polar surface area (TPSA) is 92.6 Å². The van der Waals surface area contributed by atoms with Crippen molar-refractivity contribution in [1.82, 2.24) is 5.32 Å². The van der Waals surface area contributed by atoms with E-state index in [-0.39, 0.29) is 11.0 Å². The van der Waals surface area contributed by atoms with Gasteiger partial charge >= 0.3 is 0 Å². The molecule has 1 aromatic heterocycles. The highest BCUT2D eigenvalue weighted by molar-refractivity contribution is 7.80. The minimum atomic E-state index is -0.443. The summed E-state index contributed by atoms with van der Waals surface area (Å²) in [5.74, 6) is 0.958. The Morgan fingerprint density at radius 1 is 1.08 bits per heavy atom. The Labute approximate surface area is 224 Å². The third-order valence-corrected chi connectivity index (χ3v) is 5.70. The molecule has 2 amide bonds. The number of rotatable bonds is 9. The molecule has 36 heavy (non-hydrogen) atoms. The zero-order chi connectivity index (χ0) is 26.1. The second kappa shape index (κ2) is 13.1. The first-order chi connectivity index (χ1) is 17.3. The van der Waals surface area contributed by atoms with Crippen LogP contribution in [0.1, 0.15) is 31.9 Å². The number of carbonyl (C=O) groups excluding carboxylic acids is 2. The molecular formula is C26H25Cl2N3O4S. The van der Waals surface area contributed by atoms with Crippen LogP contribution in [0.2, 0.25) is 10.0 Å². The first-order valence-corrected chi connectivity index (χ1v) is 12.3. The van der Waals surface area contributed by atoms with Gasteiger partial charge in [0.25, 0.3) is 0 Å². The summed E-state index contributed by atoms with van der Waals surface area (Å²) in [5, 5.41) is 9.41. The van der Waals surface area contributed by atoms with Gasteiger partial charge in [0, 0.05) is 34.8 Å². The molecule has 188 valence electrons. The summed E-state index contributed by atoms with van der Waals surface area (Å²) in [6.07, 6.45) is 5.01. The lowest BCUT2D eigenvalue weighted by Gasteiger charge is -2.13. The molecule has 0 saturated carbocycles. The number of hydrogen-bond acceptors (Lipinski definition) is 5. The zero-order valence-corrected chi connectivity index (χ0v) is 22.0. The molecule has 2 aromatic carbocycles. The van der Waals surface area contributed by atoms with Crippen molar-refractivity contribution in [2.24, 2.45) is 0 Å². The number of ether oxygens (including phenoxy) is 1. The number of halogens is 2. The SMILES string of the molecule is CCCCC(=O)Nc1ccc(NC(=S)NC(=O)/C=C/c2ccc(-c3ccc(Cl)cc3Cl)o2)cc1OC. The number of anilines is 2. The van der Waals surface area contributed by atoms with Crippen molar-refractivity contribution in [2.45, 2.75) is 26.2 Å². The van der Waals surface area contributed by atoms with E-state index < -0.39 is 5.91 Å². The Morgan fingerprint density at radius 2 is 1.89 bits per heavy atom. The molecule has 10 heteroatoms. The van der Waals surface area contributed by atoms with E-state index in [1.807, 2.05) is 6.92 Å². The van der Waals surface area contributed by atoms with Crippen molar-refractivity contribution in [3.8, 4) is 17.1 Å². The van der Waals surface area contributed by atoms with E-state index in [1.165, 1.54) is 19.3 Å². The van der Waals surface area contributed by atoms with Crippen LogP contribution in [0.15, 0.2) is 59.0 Å². The lowest BCUT2D eigenvalue weighted by Crippen LogP contribution is -2.32. The fourth-order valence-electron chi connectivity index (χ4n) is 3.17. The number of unbranched alkanes of at least 4 members (excludes halogenated alkanes) is 1. The quantitative estimate of drug-likeness (QED) is 0.199. The van der Waals surface area contributed by atoms with Gasteiger partial charge in [0.15, 0.2) is 5.11 Å². The van der Waals surface area contributed by atoms with Gasteiger partial charge in [-0.25, -0.2) is 0 Å². The smallest absolute Gasteiger partial charge is 0.250 e. The summed E-state index contributed by atoms with van der Waals surface area (Å²) in [6, 6.07) is 13.7. The minimum absolute atomic E-state index is 0.0784. The van der Waals surface area contributed by atoms with Gasteiger partial charge in [-0.05, 0) is 67.2 Å². The van der Waals surface area contributed by atoms with Crippen LogP contribution in [-0.4, -0.2) is 24.0 Å². The molecule has 0 spiro atoms. The van der Waals surface area contributed by atoms with Crippen molar-refractivity contribution in [2.75, 3.05) is 17.7 Å². The van der Waals surface area contributed by atoms with Gasteiger partial charge in [-0.15, -0.1) is 0 Å². The number of nitrogens with one attached hydrogen (secondary N) is 3. The van der Waals surface area contributed by atoms with Crippen molar-refractivity contribution in [1.29, 1.82) is 0 Å². The van der Waals surface area contributed by atoms with Gasteiger partial charge in [0.05, 0.1) is 17.8 Å². The van der Waals surface area contributed by atoms with Crippen LogP contribution in [-0.2, 0) is 9.59 Å². The highest BCUT2D eigenvalue weighted by atomic mass is 35.5. The maximum absolute atomic E-state index is 12.3. The van der Waals surface area contributed by atoms with Crippen LogP contribution in [0, 0.1) is 0 Å². The lowest BCUT2D eigenvalue weighted by molar-refractivity contribution is -0.116. The molecule has 3 rings (SSSR count). The van der Waals surface area contributed by atoms with Crippen molar-refractivity contribution in [3.05, 3.63) is 70.4 Å². The number of carbonyl (C=O) groups is 2. The number of benzene rings is 2. The third-order valence-electron chi connectivity index (χ3n) is 4.95. The summed E-state index contributed by atoms with van der Waals surface area (Å²) >= 11 is 17.4. The minimum Gasteiger partial charge on any atom is -0.494 e. The van der Waals surface area contributed by atoms with Gasteiger partial charge in [-0.3, -0.25) is 14.9 Å². The van der Waals surface area contributed by atoms with E-state index in [0.29, 0.717) is 50.7 Å².